The Morgan fingerprint density at radius 3 is 2.47 bits per heavy atom. The van der Waals surface area contributed by atoms with Gasteiger partial charge in [-0.1, -0.05) is 28.1 Å². The first-order valence-corrected chi connectivity index (χ1v) is 10.3. The summed E-state index contributed by atoms with van der Waals surface area (Å²) in [5.41, 5.74) is 1.33. The Balaban J connectivity index is 1.88. The first-order valence-electron chi connectivity index (χ1n) is 9.54. The fourth-order valence-corrected chi connectivity index (χ4v) is 3.61. The zero-order valence-corrected chi connectivity index (χ0v) is 18.9. The number of hydrogen-bond acceptors (Lipinski definition) is 5. The van der Waals surface area contributed by atoms with Crippen molar-refractivity contribution >= 4 is 44.6 Å². The number of nitrogens with zero attached hydrogens (tertiary/aromatic N) is 2. The first-order chi connectivity index (χ1) is 14.1. The summed E-state index contributed by atoms with van der Waals surface area (Å²) in [4.78, 5) is 30.1. The number of aryl methyl sites for hydroxylation is 1. The molecule has 1 aromatic heterocycles. The summed E-state index contributed by atoms with van der Waals surface area (Å²) in [7, 11) is 0. The Kier molecular flexibility index (Phi) is 6.17. The molecule has 0 spiro atoms. The number of aromatic nitrogens is 1. The molecule has 0 fully saturated rings. The van der Waals surface area contributed by atoms with Crippen LogP contribution in [-0.4, -0.2) is 28.3 Å². The molecule has 8 heteroatoms. The normalized spacial score (nSPS) is 11.5. The lowest BCUT2D eigenvalue weighted by atomic mass is 10.0. The van der Waals surface area contributed by atoms with E-state index in [1.807, 2.05) is 24.3 Å². The molecule has 0 bridgehead atoms. The van der Waals surface area contributed by atoms with Gasteiger partial charge in [0.2, 0.25) is 0 Å². The van der Waals surface area contributed by atoms with Crippen LogP contribution in [0.2, 0.25) is 0 Å². The number of hydrogen-bond donors (Lipinski definition) is 2. The molecular formula is C22H24BrN3O4. The molecule has 1 amide bonds. The number of nitrogens with one attached hydrogen (secondary N) is 1. The van der Waals surface area contributed by atoms with Gasteiger partial charge in [-0.15, -0.1) is 0 Å². The zero-order valence-electron chi connectivity index (χ0n) is 17.3. The second kappa shape index (κ2) is 8.47. The fourth-order valence-electron chi connectivity index (χ4n) is 3.34. The third-order valence-electron chi connectivity index (χ3n) is 4.74. The SMILES string of the molecule is Cc1c(N(C(=O)O)C(C)(C)C)ccc2nc(NCCc3ccc(Br)cc3)oc(=O)c12. The fraction of sp³-hybridized carbons (Fsp3) is 0.318. The first kappa shape index (κ1) is 21.8. The molecule has 0 aliphatic rings. The van der Waals surface area contributed by atoms with Crippen LogP contribution in [0.15, 0.2) is 50.1 Å². The number of benzene rings is 2. The summed E-state index contributed by atoms with van der Waals surface area (Å²) >= 11 is 3.41. The minimum atomic E-state index is -1.09. The molecule has 0 aliphatic heterocycles. The zero-order chi connectivity index (χ0) is 22.1. The largest absolute Gasteiger partial charge is 0.465 e. The van der Waals surface area contributed by atoms with Crippen molar-refractivity contribution in [3.8, 4) is 0 Å². The molecule has 7 nitrogen and oxygen atoms in total. The molecule has 2 aromatic carbocycles. The molecule has 0 aliphatic carbocycles. The average molecular weight is 474 g/mol. The molecular weight excluding hydrogens is 450 g/mol. The maximum absolute atomic E-state index is 12.7. The Hall–Kier alpha value is -2.87. The van der Waals surface area contributed by atoms with Gasteiger partial charge in [-0.05, 0) is 69.5 Å². The Labute approximate surface area is 182 Å². The highest BCUT2D eigenvalue weighted by Gasteiger charge is 2.30. The predicted octanol–water partition coefficient (Wildman–Crippen LogP) is 5.20. The molecule has 0 atom stereocenters. The van der Waals surface area contributed by atoms with Crippen LogP contribution in [0.5, 0.6) is 0 Å². The lowest BCUT2D eigenvalue weighted by molar-refractivity contribution is 0.195. The third-order valence-corrected chi connectivity index (χ3v) is 5.26. The molecule has 3 rings (SSSR count). The van der Waals surface area contributed by atoms with Gasteiger partial charge in [0.05, 0.1) is 16.6 Å². The lowest BCUT2D eigenvalue weighted by Gasteiger charge is -2.34. The van der Waals surface area contributed by atoms with E-state index in [1.54, 1.807) is 39.8 Å². The number of carbonyl (C=O) groups is 1. The van der Waals surface area contributed by atoms with Gasteiger partial charge in [0.25, 0.3) is 6.01 Å². The highest BCUT2D eigenvalue weighted by atomic mass is 79.9. The van der Waals surface area contributed by atoms with E-state index < -0.39 is 17.3 Å². The monoisotopic (exact) mass is 473 g/mol. The van der Waals surface area contributed by atoms with Crippen LogP contribution in [-0.2, 0) is 6.42 Å². The smallest absolute Gasteiger partial charge is 0.412 e. The number of anilines is 2. The van der Waals surface area contributed by atoms with Crippen molar-refractivity contribution in [3.05, 3.63) is 62.4 Å². The standard InChI is InChI=1S/C22H24BrN3O4/c1-13-17(26(21(28)29)22(2,3)4)10-9-16-18(13)19(27)30-20(25-16)24-12-11-14-5-7-15(23)8-6-14/h5-10H,11-12H2,1-4H3,(H,24,25)(H,28,29). The van der Waals surface area contributed by atoms with Gasteiger partial charge in [0, 0.05) is 16.6 Å². The molecule has 158 valence electrons. The van der Waals surface area contributed by atoms with Crippen molar-refractivity contribution < 1.29 is 14.3 Å². The van der Waals surface area contributed by atoms with E-state index in [9.17, 15) is 14.7 Å². The van der Waals surface area contributed by atoms with Gasteiger partial charge in [-0.25, -0.2) is 9.59 Å². The number of amides is 1. The highest BCUT2D eigenvalue weighted by Crippen LogP contribution is 2.31. The van der Waals surface area contributed by atoms with Crippen molar-refractivity contribution in [1.29, 1.82) is 0 Å². The number of fused-ring (bicyclic) bond motifs is 1. The number of rotatable bonds is 5. The van der Waals surface area contributed by atoms with E-state index >= 15 is 0 Å². The summed E-state index contributed by atoms with van der Waals surface area (Å²) < 4.78 is 6.38. The van der Waals surface area contributed by atoms with Gasteiger partial charge in [-0.3, -0.25) is 4.90 Å². The molecule has 1 heterocycles. The molecule has 0 saturated heterocycles. The maximum Gasteiger partial charge on any atom is 0.412 e. The van der Waals surface area contributed by atoms with Crippen molar-refractivity contribution in [3.63, 3.8) is 0 Å². The summed E-state index contributed by atoms with van der Waals surface area (Å²) in [5.74, 6) is 0. The number of halogens is 1. The molecule has 0 unspecified atom stereocenters. The van der Waals surface area contributed by atoms with Crippen LogP contribution < -0.4 is 15.8 Å². The van der Waals surface area contributed by atoms with Crippen molar-refractivity contribution in [2.75, 3.05) is 16.8 Å². The average Bonchev–Trinajstić information content (AvgIpc) is 2.64. The van der Waals surface area contributed by atoms with Crippen molar-refractivity contribution in [2.24, 2.45) is 0 Å². The van der Waals surface area contributed by atoms with Crippen molar-refractivity contribution in [1.82, 2.24) is 4.98 Å². The topological polar surface area (TPSA) is 95.7 Å². The van der Waals surface area contributed by atoms with Gasteiger partial charge in [-0.2, -0.15) is 4.98 Å². The molecule has 0 saturated carbocycles. The summed E-state index contributed by atoms with van der Waals surface area (Å²) in [6, 6.07) is 11.5. The predicted molar refractivity (Wildman–Crippen MR) is 122 cm³/mol. The number of carboxylic acid groups (broad SMARTS) is 1. The van der Waals surface area contributed by atoms with Crippen molar-refractivity contribution in [2.45, 2.75) is 39.7 Å². The summed E-state index contributed by atoms with van der Waals surface area (Å²) in [6.07, 6.45) is -0.345. The molecule has 2 N–H and O–H groups in total. The van der Waals surface area contributed by atoms with Crippen LogP contribution in [0, 0.1) is 6.92 Å². The minimum absolute atomic E-state index is 0.141. The molecule has 0 radical (unpaired) electrons. The quantitative estimate of drug-likeness (QED) is 0.528. The Bertz CT molecular complexity index is 1130. The summed E-state index contributed by atoms with van der Waals surface area (Å²) in [6.45, 7) is 7.65. The molecule has 3 aromatic rings. The van der Waals surface area contributed by atoms with Crippen LogP contribution in [0.25, 0.3) is 10.9 Å². The van der Waals surface area contributed by atoms with Gasteiger partial charge in [0.15, 0.2) is 0 Å². The van der Waals surface area contributed by atoms with Crippen LogP contribution in [0.3, 0.4) is 0 Å². The lowest BCUT2D eigenvalue weighted by Crippen LogP contribution is -2.45. The van der Waals surface area contributed by atoms with Gasteiger partial charge in [0.1, 0.15) is 0 Å². The van der Waals surface area contributed by atoms with E-state index in [0.29, 0.717) is 23.3 Å². The summed E-state index contributed by atoms with van der Waals surface area (Å²) in [5, 5.41) is 13.0. The Morgan fingerprint density at radius 1 is 1.20 bits per heavy atom. The highest BCUT2D eigenvalue weighted by molar-refractivity contribution is 9.10. The van der Waals surface area contributed by atoms with Crippen LogP contribution >= 0.6 is 15.9 Å². The minimum Gasteiger partial charge on any atom is -0.465 e. The van der Waals surface area contributed by atoms with E-state index in [4.69, 9.17) is 4.42 Å². The maximum atomic E-state index is 12.7. The van der Waals surface area contributed by atoms with Gasteiger partial charge >= 0.3 is 11.7 Å². The Morgan fingerprint density at radius 2 is 1.87 bits per heavy atom. The van der Waals surface area contributed by atoms with E-state index in [1.165, 1.54) is 4.90 Å². The van der Waals surface area contributed by atoms with E-state index in [-0.39, 0.29) is 11.4 Å². The van der Waals surface area contributed by atoms with E-state index in [2.05, 4.69) is 26.2 Å². The van der Waals surface area contributed by atoms with Crippen LogP contribution in [0.1, 0.15) is 31.9 Å². The second-order valence-corrected chi connectivity index (χ2v) is 8.92. The van der Waals surface area contributed by atoms with E-state index in [0.717, 1.165) is 16.5 Å². The van der Waals surface area contributed by atoms with Crippen LogP contribution in [0.4, 0.5) is 16.5 Å². The third kappa shape index (κ3) is 4.64. The molecule has 30 heavy (non-hydrogen) atoms. The second-order valence-electron chi connectivity index (χ2n) is 8.00. The van der Waals surface area contributed by atoms with Gasteiger partial charge < -0.3 is 14.8 Å².